The minimum absolute atomic E-state index is 0.197. The molecule has 6 heteroatoms. The second-order valence-electron chi connectivity index (χ2n) is 5.67. The van der Waals surface area contributed by atoms with Gasteiger partial charge in [0.2, 0.25) is 0 Å². The smallest absolute Gasteiger partial charge is 0.324 e. The molecule has 2 aromatic carbocycles. The lowest BCUT2D eigenvalue weighted by Gasteiger charge is -2.09. The molecule has 1 aromatic heterocycles. The standard InChI is InChI=1S/C19H18N4O2/c1-4-9-25-14-6-7-15-17(11-14)22-23-18(15)21-19(24)20-16-8-5-12(2)10-13(16)3/h1,5-8,10-11H,9H2,2-3H3,(H3,20,21,22,23,24). The molecule has 25 heavy (non-hydrogen) atoms. The number of carbonyl (C=O) groups excluding carboxylic acids is 1. The van der Waals surface area contributed by atoms with Crippen LogP contribution in [0.15, 0.2) is 36.4 Å². The number of nitrogens with one attached hydrogen (secondary N) is 3. The van der Waals surface area contributed by atoms with Crippen LogP contribution in [0.5, 0.6) is 5.75 Å². The predicted octanol–water partition coefficient (Wildman–Crippen LogP) is 3.84. The molecular formula is C19H18N4O2. The van der Waals surface area contributed by atoms with Crippen LogP contribution >= 0.6 is 0 Å². The maximum atomic E-state index is 12.2. The van der Waals surface area contributed by atoms with Crippen molar-refractivity contribution in [3.05, 3.63) is 47.5 Å². The fourth-order valence-corrected chi connectivity index (χ4v) is 2.52. The summed E-state index contributed by atoms with van der Waals surface area (Å²) in [4.78, 5) is 12.2. The van der Waals surface area contributed by atoms with Gasteiger partial charge in [-0.1, -0.05) is 23.6 Å². The lowest BCUT2D eigenvalue weighted by molar-refractivity contribution is 0.262. The second kappa shape index (κ2) is 6.97. The van der Waals surface area contributed by atoms with E-state index >= 15 is 0 Å². The molecule has 0 aliphatic carbocycles. The Kier molecular flexibility index (Phi) is 4.57. The lowest BCUT2D eigenvalue weighted by Crippen LogP contribution is -2.20. The molecule has 0 aliphatic rings. The van der Waals surface area contributed by atoms with Crippen LogP contribution in [0.1, 0.15) is 11.1 Å². The van der Waals surface area contributed by atoms with E-state index in [-0.39, 0.29) is 12.6 Å². The molecule has 0 spiro atoms. The van der Waals surface area contributed by atoms with Crippen LogP contribution < -0.4 is 15.4 Å². The fraction of sp³-hybridized carbons (Fsp3) is 0.158. The van der Waals surface area contributed by atoms with Crippen LogP contribution in [0.4, 0.5) is 16.3 Å². The number of urea groups is 1. The van der Waals surface area contributed by atoms with E-state index in [0.29, 0.717) is 11.6 Å². The molecule has 3 aromatic rings. The van der Waals surface area contributed by atoms with Gasteiger partial charge in [-0.3, -0.25) is 10.4 Å². The van der Waals surface area contributed by atoms with E-state index in [0.717, 1.165) is 27.7 Å². The van der Waals surface area contributed by atoms with E-state index < -0.39 is 0 Å². The van der Waals surface area contributed by atoms with Gasteiger partial charge in [-0.25, -0.2) is 4.79 Å². The van der Waals surface area contributed by atoms with Crippen molar-refractivity contribution in [1.29, 1.82) is 0 Å². The Hall–Kier alpha value is -3.46. The molecule has 6 nitrogen and oxygen atoms in total. The minimum Gasteiger partial charge on any atom is -0.481 e. The van der Waals surface area contributed by atoms with Crippen molar-refractivity contribution in [3.63, 3.8) is 0 Å². The monoisotopic (exact) mass is 334 g/mol. The number of carbonyl (C=O) groups is 1. The van der Waals surface area contributed by atoms with Crippen LogP contribution in [-0.4, -0.2) is 22.8 Å². The Morgan fingerprint density at radius 3 is 2.84 bits per heavy atom. The number of rotatable bonds is 4. The summed E-state index contributed by atoms with van der Waals surface area (Å²) >= 11 is 0. The highest BCUT2D eigenvalue weighted by Crippen LogP contribution is 2.25. The topological polar surface area (TPSA) is 79.0 Å². The molecule has 0 saturated heterocycles. The first-order chi connectivity index (χ1) is 12.1. The summed E-state index contributed by atoms with van der Waals surface area (Å²) in [6.45, 7) is 4.15. The van der Waals surface area contributed by atoms with Gasteiger partial charge in [0, 0.05) is 17.1 Å². The average molecular weight is 334 g/mol. The van der Waals surface area contributed by atoms with Gasteiger partial charge in [0.25, 0.3) is 0 Å². The third kappa shape index (κ3) is 3.72. The Bertz CT molecular complexity index is 969. The molecule has 3 rings (SSSR count). The molecule has 0 saturated carbocycles. The van der Waals surface area contributed by atoms with Gasteiger partial charge in [0.15, 0.2) is 5.82 Å². The highest BCUT2D eigenvalue weighted by Gasteiger charge is 2.11. The number of anilines is 2. The zero-order valence-electron chi connectivity index (χ0n) is 14.0. The van der Waals surface area contributed by atoms with Crippen LogP contribution in [-0.2, 0) is 0 Å². The summed E-state index contributed by atoms with van der Waals surface area (Å²) in [5, 5.41) is 13.4. The van der Waals surface area contributed by atoms with Gasteiger partial charge >= 0.3 is 6.03 Å². The largest absolute Gasteiger partial charge is 0.481 e. The van der Waals surface area contributed by atoms with Crippen molar-refractivity contribution in [2.45, 2.75) is 13.8 Å². The Morgan fingerprint density at radius 1 is 1.24 bits per heavy atom. The van der Waals surface area contributed by atoms with Crippen molar-refractivity contribution in [2.75, 3.05) is 17.2 Å². The molecule has 0 fully saturated rings. The molecular weight excluding hydrogens is 316 g/mol. The Morgan fingerprint density at radius 2 is 2.08 bits per heavy atom. The number of aryl methyl sites for hydroxylation is 2. The van der Waals surface area contributed by atoms with Crippen molar-refractivity contribution in [1.82, 2.24) is 10.2 Å². The quantitative estimate of drug-likeness (QED) is 0.634. The summed E-state index contributed by atoms with van der Waals surface area (Å²) in [6.07, 6.45) is 5.18. The first-order valence-electron chi connectivity index (χ1n) is 7.76. The van der Waals surface area contributed by atoms with E-state index in [1.807, 2.05) is 38.1 Å². The maximum Gasteiger partial charge on any atom is 0.324 e. The number of hydrogen-bond donors (Lipinski definition) is 3. The van der Waals surface area contributed by atoms with Crippen molar-refractivity contribution >= 4 is 28.4 Å². The molecule has 0 bridgehead atoms. The van der Waals surface area contributed by atoms with Gasteiger partial charge in [0.05, 0.1) is 5.52 Å². The number of nitrogens with zero attached hydrogens (tertiary/aromatic N) is 1. The molecule has 2 amide bonds. The average Bonchev–Trinajstić information content (AvgIpc) is 2.97. The summed E-state index contributed by atoms with van der Waals surface area (Å²) in [7, 11) is 0. The van der Waals surface area contributed by atoms with Gasteiger partial charge in [0.1, 0.15) is 12.4 Å². The SMILES string of the molecule is C#CCOc1ccc2c(NC(=O)Nc3ccc(C)cc3C)n[nH]c2c1. The summed E-state index contributed by atoms with van der Waals surface area (Å²) in [5.41, 5.74) is 3.64. The third-order valence-corrected chi connectivity index (χ3v) is 3.72. The molecule has 0 aliphatic heterocycles. The van der Waals surface area contributed by atoms with Crippen LogP contribution in [0.2, 0.25) is 0 Å². The van der Waals surface area contributed by atoms with Crippen LogP contribution in [0, 0.1) is 26.2 Å². The van der Waals surface area contributed by atoms with Gasteiger partial charge < -0.3 is 10.1 Å². The van der Waals surface area contributed by atoms with E-state index in [1.165, 1.54) is 0 Å². The molecule has 0 unspecified atom stereocenters. The zero-order chi connectivity index (χ0) is 17.8. The van der Waals surface area contributed by atoms with E-state index in [1.54, 1.807) is 12.1 Å². The van der Waals surface area contributed by atoms with Gasteiger partial charge in [-0.05, 0) is 37.6 Å². The number of terminal acetylenes is 1. The Balaban J connectivity index is 1.74. The number of aromatic amines is 1. The van der Waals surface area contributed by atoms with Crippen LogP contribution in [0.25, 0.3) is 10.9 Å². The lowest BCUT2D eigenvalue weighted by atomic mass is 10.1. The molecule has 0 radical (unpaired) electrons. The molecule has 3 N–H and O–H groups in total. The number of amides is 2. The van der Waals surface area contributed by atoms with Crippen molar-refractivity contribution < 1.29 is 9.53 Å². The molecule has 126 valence electrons. The Labute approximate surface area is 145 Å². The number of H-pyrrole nitrogens is 1. The maximum absolute atomic E-state index is 12.2. The van der Waals surface area contributed by atoms with Gasteiger partial charge in [-0.15, -0.1) is 6.42 Å². The highest BCUT2D eigenvalue weighted by atomic mass is 16.5. The number of hydrogen-bond acceptors (Lipinski definition) is 3. The zero-order valence-corrected chi connectivity index (χ0v) is 14.0. The van der Waals surface area contributed by atoms with E-state index in [4.69, 9.17) is 11.2 Å². The predicted molar refractivity (Wildman–Crippen MR) is 99.0 cm³/mol. The fourth-order valence-electron chi connectivity index (χ4n) is 2.52. The van der Waals surface area contributed by atoms with E-state index in [2.05, 4.69) is 26.8 Å². The summed E-state index contributed by atoms with van der Waals surface area (Å²) < 4.78 is 5.37. The van der Waals surface area contributed by atoms with Crippen molar-refractivity contribution in [2.24, 2.45) is 0 Å². The first kappa shape index (κ1) is 16.4. The number of benzene rings is 2. The first-order valence-corrected chi connectivity index (χ1v) is 7.76. The van der Waals surface area contributed by atoms with Gasteiger partial charge in [-0.2, -0.15) is 5.10 Å². The highest BCUT2D eigenvalue weighted by molar-refractivity contribution is 6.04. The molecule has 0 atom stereocenters. The molecule has 1 heterocycles. The normalized spacial score (nSPS) is 10.3. The summed E-state index contributed by atoms with van der Waals surface area (Å²) in [5.74, 6) is 3.50. The van der Waals surface area contributed by atoms with E-state index in [9.17, 15) is 4.79 Å². The summed E-state index contributed by atoms with van der Waals surface area (Å²) in [6, 6.07) is 10.9. The third-order valence-electron chi connectivity index (χ3n) is 3.72. The number of ether oxygens (including phenoxy) is 1. The second-order valence-corrected chi connectivity index (χ2v) is 5.67. The number of aromatic nitrogens is 2. The number of fused-ring (bicyclic) bond motifs is 1. The minimum atomic E-state index is -0.354. The van der Waals surface area contributed by atoms with Crippen molar-refractivity contribution in [3.8, 4) is 18.1 Å². The van der Waals surface area contributed by atoms with Crippen LogP contribution in [0.3, 0.4) is 0 Å².